The van der Waals surface area contributed by atoms with E-state index < -0.39 is 0 Å². The minimum atomic E-state index is -0.0382. The molecule has 4 nitrogen and oxygen atoms in total. The van der Waals surface area contributed by atoms with Crippen molar-refractivity contribution in [3.63, 3.8) is 0 Å². The van der Waals surface area contributed by atoms with Gasteiger partial charge in [-0.1, -0.05) is 0 Å². The van der Waals surface area contributed by atoms with Crippen molar-refractivity contribution in [3.8, 4) is 0 Å². The van der Waals surface area contributed by atoms with Gasteiger partial charge in [0.05, 0.1) is 0 Å². The second-order valence-corrected chi connectivity index (χ2v) is 3.90. The highest BCUT2D eigenvalue weighted by Gasteiger charge is 2.44. The number of nitrogens with zero attached hydrogens (tertiary/aromatic N) is 2. The molecular formula is C9H15N2O2+. The van der Waals surface area contributed by atoms with E-state index in [-0.39, 0.29) is 12.1 Å². The van der Waals surface area contributed by atoms with Crippen LogP contribution in [0, 0.1) is 5.21 Å². The summed E-state index contributed by atoms with van der Waals surface area (Å²) in [6.45, 7) is 1.74. The van der Waals surface area contributed by atoms with Crippen LogP contribution in [0.5, 0.6) is 0 Å². The van der Waals surface area contributed by atoms with Gasteiger partial charge in [-0.3, -0.25) is 5.21 Å². The lowest BCUT2D eigenvalue weighted by molar-refractivity contribution is -0.819. The summed E-state index contributed by atoms with van der Waals surface area (Å²) in [5.41, 5.74) is 0.602. The van der Waals surface area contributed by atoms with Crippen LogP contribution < -0.4 is 0 Å². The highest BCUT2D eigenvalue weighted by atomic mass is 16.5. The molecule has 0 aromatic heterocycles. The molecular weight excluding hydrogens is 168 g/mol. The van der Waals surface area contributed by atoms with Crippen LogP contribution in [0.1, 0.15) is 32.6 Å². The van der Waals surface area contributed by atoms with Gasteiger partial charge in [-0.15, -0.1) is 0 Å². The molecule has 1 heterocycles. The molecule has 0 saturated heterocycles. The first kappa shape index (κ1) is 8.53. The summed E-state index contributed by atoms with van der Waals surface area (Å²) >= 11 is 0. The second kappa shape index (κ2) is 3.01. The maximum Gasteiger partial charge on any atom is 0.282 e. The van der Waals surface area contributed by atoms with Crippen LogP contribution in [0.15, 0.2) is 0 Å². The maximum absolute atomic E-state index is 11.6. The summed E-state index contributed by atoms with van der Waals surface area (Å²) in [7, 11) is 0. The van der Waals surface area contributed by atoms with E-state index in [4.69, 9.17) is 0 Å². The Morgan fingerprint density at radius 2 is 2.00 bits per heavy atom. The molecule has 0 bridgehead atoms. The smallest absolute Gasteiger partial charge is 0.282 e. The van der Waals surface area contributed by atoms with Gasteiger partial charge in [-0.25, -0.2) is 0 Å². The largest absolute Gasteiger partial charge is 0.623 e. The van der Waals surface area contributed by atoms with Crippen LogP contribution in [0.3, 0.4) is 0 Å². The van der Waals surface area contributed by atoms with Crippen molar-refractivity contribution in [2.45, 2.75) is 44.7 Å². The predicted molar refractivity (Wildman–Crippen MR) is 48.5 cm³/mol. The molecule has 0 aromatic rings. The molecule has 4 heteroatoms. The minimum absolute atomic E-state index is 0.00921. The van der Waals surface area contributed by atoms with Gasteiger partial charge in [0.2, 0.25) is 6.04 Å². The number of fused-ring (bicyclic) bond motifs is 1. The molecule has 1 aliphatic heterocycles. The van der Waals surface area contributed by atoms with E-state index >= 15 is 0 Å². The lowest BCUT2D eigenvalue weighted by atomic mass is 9.90. The van der Waals surface area contributed by atoms with E-state index in [0.29, 0.717) is 5.71 Å². The van der Waals surface area contributed by atoms with Crippen LogP contribution in [0.2, 0.25) is 0 Å². The Balaban J connectivity index is 2.31. The third kappa shape index (κ3) is 1.30. The van der Waals surface area contributed by atoms with Crippen molar-refractivity contribution in [1.82, 2.24) is 0 Å². The average Bonchev–Trinajstić information content (AvgIpc) is 2.15. The molecule has 0 unspecified atom stereocenters. The van der Waals surface area contributed by atoms with Crippen molar-refractivity contribution in [1.29, 1.82) is 0 Å². The third-order valence-corrected chi connectivity index (χ3v) is 3.00. The lowest BCUT2D eigenvalue weighted by Gasteiger charge is -2.27. The Morgan fingerprint density at radius 1 is 1.38 bits per heavy atom. The molecule has 0 amide bonds. The molecule has 0 spiro atoms. The first-order valence-corrected chi connectivity index (χ1v) is 4.82. The van der Waals surface area contributed by atoms with Gasteiger partial charge in [-0.05, 0) is 17.6 Å². The second-order valence-electron chi connectivity index (χ2n) is 3.90. The van der Waals surface area contributed by atoms with Gasteiger partial charge in [0.1, 0.15) is 0 Å². The Labute approximate surface area is 77.4 Å². The van der Waals surface area contributed by atoms with Gasteiger partial charge in [0, 0.05) is 19.8 Å². The number of hydrogen-bond acceptors (Lipinski definition) is 2. The van der Waals surface area contributed by atoms with Gasteiger partial charge in [0.15, 0.2) is 0 Å². The van der Waals surface area contributed by atoms with E-state index in [9.17, 15) is 10.4 Å². The fraction of sp³-hybridized carbons (Fsp3) is 0.778. The zero-order chi connectivity index (χ0) is 9.42. The van der Waals surface area contributed by atoms with Crippen molar-refractivity contribution in [2.75, 3.05) is 0 Å². The molecule has 2 rings (SSSR count). The van der Waals surface area contributed by atoms with Gasteiger partial charge >= 0.3 is 0 Å². The zero-order valence-electron chi connectivity index (χ0n) is 7.81. The first-order chi connectivity index (χ1) is 6.20. The first-order valence-electron chi connectivity index (χ1n) is 4.82. The summed E-state index contributed by atoms with van der Waals surface area (Å²) in [5, 5.41) is 21.2. The molecule has 1 N–H and O–H groups in total. The van der Waals surface area contributed by atoms with Crippen LogP contribution >= 0.6 is 0 Å². The monoisotopic (exact) mass is 183 g/mol. The Kier molecular flexibility index (Phi) is 1.98. The maximum atomic E-state index is 11.6. The number of hydrogen-bond donors (Lipinski definition) is 1. The predicted octanol–water partition coefficient (Wildman–Crippen LogP) is 0.755. The highest BCUT2D eigenvalue weighted by molar-refractivity contribution is 6.25. The molecule has 2 aliphatic rings. The van der Waals surface area contributed by atoms with Crippen molar-refractivity contribution < 1.29 is 14.7 Å². The van der Waals surface area contributed by atoms with E-state index in [1.54, 1.807) is 6.92 Å². The normalized spacial score (nSPS) is 34.1. The third-order valence-electron chi connectivity index (χ3n) is 3.00. The summed E-state index contributed by atoms with van der Waals surface area (Å²) in [5.74, 6) is 0. The van der Waals surface area contributed by atoms with Gasteiger partial charge in [-0.2, -0.15) is 4.74 Å². The van der Waals surface area contributed by atoms with Crippen molar-refractivity contribution >= 4 is 11.9 Å². The van der Waals surface area contributed by atoms with Gasteiger partial charge in [0.25, 0.3) is 18.0 Å². The SMILES string of the molecule is CC1=[N+]([O-])[C@H]2CCCC[C@H]2[N+](O)=C1. The van der Waals surface area contributed by atoms with Crippen LogP contribution in [0.4, 0.5) is 0 Å². The number of rotatable bonds is 0. The molecule has 1 aliphatic carbocycles. The summed E-state index contributed by atoms with van der Waals surface area (Å²) in [6, 6.07) is -0.0290. The quantitative estimate of drug-likeness (QED) is 0.342. The number of hydroxylamine groups is 2. The van der Waals surface area contributed by atoms with Crippen molar-refractivity contribution in [3.05, 3.63) is 5.21 Å². The van der Waals surface area contributed by atoms with Crippen molar-refractivity contribution in [2.24, 2.45) is 0 Å². The fourth-order valence-corrected chi connectivity index (χ4v) is 2.28. The molecule has 0 radical (unpaired) electrons. The molecule has 1 fully saturated rings. The zero-order valence-corrected chi connectivity index (χ0v) is 7.81. The molecule has 72 valence electrons. The minimum Gasteiger partial charge on any atom is -0.623 e. The van der Waals surface area contributed by atoms with Crippen LogP contribution in [-0.2, 0) is 0 Å². The Hall–Kier alpha value is -1.06. The standard InChI is InChI=1S/C9H15N2O2/c1-7-6-10(12)8-4-2-3-5-9(8)11(7)13/h6,8-9,12H,2-5H2,1H3/q+1/t8-,9+/m1/s1. The Bertz CT molecular complexity index is 283. The van der Waals surface area contributed by atoms with Crippen LogP contribution in [0.25, 0.3) is 0 Å². The summed E-state index contributed by atoms with van der Waals surface area (Å²) < 4.78 is 2.27. The average molecular weight is 183 g/mol. The molecule has 1 saturated carbocycles. The molecule has 2 atom stereocenters. The summed E-state index contributed by atoms with van der Waals surface area (Å²) in [4.78, 5) is 0. The highest BCUT2D eigenvalue weighted by Crippen LogP contribution is 2.24. The molecule has 0 aromatic carbocycles. The summed E-state index contributed by atoms with van der Waals surface area (Å²) in [6.07, 6.45) is 5.56. The van der Waals surface area contributed by atoms with E-state index in [1.165, 1.54) is 11.0 Å². The van der Waals surface area contributed by atoms with Gasteiger partial charge < -0.3 is 5.21 Å². The van der Waals surface area contributed by atoms with Crippen LogP contribution in [-0.4, -0.2) is 38.7 Å². The fourth-order valence-electron chi connectivity index (χ4n) is 2.28. The van der Waals surface area contributed by atoms with E-state index in [0.717, 1.165) is 30.4 Å². The topological polar surface area (TPSA) is 49.3 Å². The molecule has 13 heavy (non-hydrogen) atoms. The Morgan fingerprint density at radius 3 is 2.69 bits per heavy atom. The van der Waals surface area contributed by atoms with E-state index in [2.05, 4.69) is 0 Å². The van der Waals surface area contributed by atoms with E-state index in [1.807, 2.05) is 0 Å². The lowest BCUT2D eigenvalue weighted by Crippen LogP contribution is -2.50.